The van der Waals surface area contributed by atoms with E-state index < -0.39 is 10.1 Å². The van der Waals surface area contributed by atoms with Gasteiger partial charge < -0.3 is 0 Å². The largest absolute Gasteiger partial charge is 0.294 e. The van der Waals surface area contributed by atoms with Crippen LogP contribution in [-0.4, -0.2) is 13.0 Å². The molecule has 0 heterocycles. The molecule has 3 aromatic rings. The third kappa shape index (κ3) is 3.50. The standard InChI is InChI=1S/C13H10.C6H6O3S/c1-3-7-12-10(5-1)9-11-6-2-4-8-13(11)12;7-10(8,9)6-4-2-1-3-5-6/h1-8H,9H2;1-5H,(H,7,8,9). The van der Waals surface area contributed by atoms with Crippen LogP contribution in [0.3, 0.4) is 0 Å². The van der Waals surface area contributed by atoms with Crippen LogP contribution < -0.4 is 0 Å². The van der Waals surface area contributed by atoms with Crippen molar-refractivity contribution < 1.29 is 13.0 Å². The van der Waals surface area contributed by atoms with E-state index in [1.165, 1.54) is 34.4 Å². The molecule has 0 aliphatic heterocycles. The Morgan fingerprint density at radius 3 is 1.52 bits per heavy atom. The van der Waals surface area contributed by atoms with Crippen LogP contribution in [0, 0.1) is 0 Å². The summed E-state index contributed by atoms with van der Waals surface area (Å²) in [7, 11) is -4.00. The summed E-state index contributed by atoms with van der Waals surface area (Å²) in [4.78, 5) is -0.0741. The van der Waals surface area contributed by atoms with Gasteiger partial charge in [0.1, 0.15) is 0 Å². The van der Waals surface area contributed by atoms with Crippen molar-refractivity contribution in [2.45, 2.75) is 11.3 Å². The van der Waals surface area contributed by atoms with Gasteiger partial charge >= 0.3 is 0 Å². The molecule has 0 spiro atoms. The fourth-order valence-electron chi connectivity index (χ4n) is 2.67. The minimum Gasteiger partial charge on any atom is -0.282 e. The Bertz CT molecular complexity index is 873. The van der Waals surface area contributed by atoms with Gasteiger partial charge in [-0.15, -0.1) is 0 Å². The van der Waals surface area contributed by atoms with E-state index in [1.807, 2.05) is 0 Å². The normalized spacial score (nSPS) is 11.9. The summed E-state index contributed by atoms with van der Waals surface area (Å²) in [5.74, 6) is 0. The SMILES string of the molecule is O=S(=O)(O)c1ccccc1.c1ccc2c(c1)Cc1ccccc1-2. The zero-order valence-electron chi connectivity index (χ0n) is 12.4. The zero-order chi connectivity index (χ0) is 16.3. The zero-order valence-corrected chi connectivity index (χ0v) is 13.2. The molecule has 0 saturated carbocycles. The molecule has 0 saturated heterocycles. The summed E-state index contributed by atoms with van der Waals surface area (Å²) in [6.07, 6.45) is 1.10. The minimum atomic E-state index is -4.00. The van der Waals surface area contributed by atoms with Crippen LogP contribution in [0.15, 0.2) is 83.8 Å². The highest BCUT2D eigenvalue weighted by Crippen LogP contribution is 2.35. The Labute approximate surface area is 136 Å². The quantitative estimate of drug-likeness (QED) is 0.534. The maximum absolute atomic E-state index is 10.4. The molecule has 4 heteroatoms. The number of hydrogen-bond acceptors (Lipinski definition) is 2. The van der Waals surface area contributed by atoms with Crippen molar-refractivity contribution >= 4 is 10.1 Å². The van der Waals surface area contributed by atoms with E-state index in [2.05, 4.69) is 48.5 Å². The Morgan fingerprint density at radius 2 is 1.09 bits per heavy atom. The van der Waals surface area contributed by atoms with Gasteiger partial charge in [0.2, 0.25) is 0 Å². The first kappa shape index (κ1) is 15.5. The third-order valence-electron chi connectivity index (χ3n) is 3.75. The van der Waals surface area contributed by atoms with Crippen molar-refractivity contribution in [3.63, 3.8) is 0 Å². The van der Waals surface area contributed by atoms with Gasteiger partial charge in [0, 0.05) is 0 Å². The maximum atomic E-state index is 10.4. The Morgan fingerprint density at radius 1 is 0.652 bits per heavy atom. The van der Waals surface area contributed by atoms with Crippen molar-refractivity contribution in [2.24, 2.45) is 0 Å². The first-order chi connectivity index (χ1) is 11.1. The molecule has 1 N–H and O–H groups in total. The number of fused-ring (bicyclic) bond motifs is 3. The molecule has 0 unspecified atom stereocenters. The maximum Gasteiger partial charge on any atom is 0.294 e. The average molecular weight is 324 g/mol. The van der Waals surface area contributed by atoms with Gasteiger partial charge in [-0.05, 0) is 40.8 Å². The number of rotatable bonds is 1. The van der Waals surface area contributed by atoms with Crippen molar-refractivity contribution in [2.75, 3.05) is 0 Å². The summed E-state index contributed by atoms with van der Waals surface area (Å²) in [6, 6.07) is 24.7. The van der Waals surface area contributed by atoms with Crippen LogP contribution in [0.2, 0.25) is 0 Å². The Balaban J connectivity index is 0.000000142. The molecule has 1 aliphatic rings. The first-order valence-electron chi connectivity index (χ1n) is 7.24. The molecular weight excluding hydrogens is 308 g/mol. The Hall–Kier alpha value is -2.43. The van der Waals surface area contributed by atoms with E-state index in [9.17, 15) is 8.42 Å². The molecule has 0 radical (unpaired) electrons. The van der Waals surface area contributed by atoms with E-state index >= 15 is 0 Å². The van der Waals surface area contributed by atoms with Gasteiger partial charge in [-0.3, -0.25) is 4.55 Å². The van der Waals surface area contributed by atoms with Gasteiger partial charge in [-0.2, -0.15) is 8.42 Å². The topological polar surface area (TPSA) is 54.4 Å². The average Bonchev–Trinajstić information content (AvgIpc) is 2.94. The highest BCUT2D eigenvalue weighted by atomic mass is 32.2. The van der Waals surface area contributed by atoms with Crippen LogP contribution in [0.4, 0.5) is 0 Å². The van der Waals surface area contributed by atoms with Crippen LogP contribution in [-0.2, 0) is 16.5 Å². The van der Waals surface area contributed by atoms with Gasteiger partial charge in [0.15, 0.2) is 0 Å². The second-order valence-corrected chi connectivity index (χ2v) is 6.70. The lowest BCUT2D eigenvalue weighted by atomic mass is 10.1. The smallest absolute Gasteiger partial charge is 0.282 e. The predicted molar refractivity (Wildman–Crippen MR) is 90.9 cm³/mol. The molecule has 3 aromatic carbocycles. The molecule has 4 rings (SSSR count). The lowest BCUT2D eigenvalue weighted by Gasteiger charge is -1.98. The van der Waals surface area contributed by atoms with Gasteiger partial charge in [0.05, 0.1) is 4.90 Å². The summed E-state index contributed by atoms with van der Waals surface area (Å²) in [6.45, 7) is 0. The molecule has 116 valence electrons. The predicted octanol–water partition coefficient (Wildman–Crippen LogP) is 4.19. The van der Waals surface area contributed by atoms with Crippen molar-refractivity contribution in [3.8, 4) is 11.1 Å². The first-order valence-corrected chi connectivity index (χ1v) is 8.68. The minimum absolute atomic E-state index is 0.0741. The van der Waals surface area contributed by atoms with E-state index in [0.717, 1.165) is 6.42 Å². The highest BCUT2D eigenvalue weighted by Gasteiger charge is 2.15. The molecule has 0 aromatic heterocycles. The molecule has 0 fully saturated rings. The molecule has 0 atom stereocenters. The van der Waals surface area contributed by atoms with E-state index in [1.54, 1.807) is 18.2 Å². The summed E-state index contributed by atoms with van der Waals surface area (Å²) >= 11 is 0. The summed E-state index contributed by atoms with van der Waals surface area (Å²) in [5.41, 5.74) is 5.75. The van der Waals surface area contributed by atoms with Gasteiger partial charge in [0.25, 0.3) is 10.1 Å². The molecule has 0 amide bonds. The molecular formula is C19H16O3S. The van der Waals surface area contributed by atoms with Crippen molar-refractivity contribution in [1.82, 2.24) is 0 Å². The van der Waals surface area contributed by atoms with E-state index in [-0.39, 0.29) is 4.90 Å². The van der Waals surface area contributed by atoms with E-state index in [4.69, 9.17) is 4.55 Å². The third-order valence-corrected chi connectivity index (χ3v) is 4.61. The monoisotopic (exact) mass is 324 g/mol. The van der Waals surface area contributed by atoms with Crippen LogP contribution in [0.5, 0.6) is 0 Å². The number of hydrogen-bond donors (Lipinski definition) is 1. The van der Waals surface area contributed by atoms with Gasteiger partial charge in [-0.25, -0.2) is 0 Å². The van der Waals surface area contributed by atoms with Crippen LogP contribution in [0.1, 0.15) is 11.1 Å². The lowest BCUT2D eigenvalue weighted by molar-refractivity contribution is 0.483. The summed E-state index contributed by atoms with van der Waals surface area (Å²) < 4.78 is 29.2. The van der Waals surface area contributed by atoms with Crippen LogP contribution in [0.25, 0.3) is 11.1 Å². The van der Waals surface area contributed by atoms with Crippen molar-refractivity contribution in [3.05, 3.63) is 90.0 Å². The lowest BCUT2D eigenvalue weighted by Crippen LogP contribution is -1.96. The fraction of sp³-hybridized carbons (Fsp3) is 0.0526. The molecule has 3 nitrogen and oxygen atoms in total. The molecule has 0 bridgehead atoms. The van der Waals surface area contributed by atoms with Crippen molar-refractivity contribution in [1.29, 1.82) is 0 Å². The van der Waals surface area contributed by atoms with Gasteiger partial charge in [-0.1, -0.05) is 66.7 Å². The second-order valence-electron chi connectivity index (χ2n) is 5.28. The number of benzene rings is 3. The van der Waals surface area contributed by atoms with E-state index in [0.29, 0.717) is 0 Å². The molecule has 1 aliphatic carbocycles. The molecule has 23 heavy (non-hydrogen) atoms. The highest BCUT2D eigenvalue weighted by molar-refractivity contribution is 7.85. The second kappa shape index (κ2) is 6.36. The van der Waals surface area contributed by atoms with Crippen LogP contribution >= 0.6 is 0 Å². The Kier molecular flexibility index (Phi) is 4.28. The summed E-state index contributed by atoms with van der Waals surface area (Å²) in [5, 5.41) is 0. The fourth-order valence-corrected chi connectivity index (χ4v) is 3.17.